The van der Waals surface area contributed by atoms with E-state index in [1.165, 1.54) is 0 Å². The summed E-state index contributed by atoms with van der Waals surface area (Å²) in [6, 6.07) is 10.1. The first-order chi connectivity index (χ1) is 13.5. The molecule has 2 fully saturated rings. The Balaban J connectivity index is 1.37. The summed E-state index contributed by atoms with van der Waals surface area (Å²) in [7, 11) is 3.89. The number of anilines is 2. The topological polar surface area (TPSA) is 70.4 Å². The van der Waals surface area contributed by atoms with Gasteiger partial charge in [0.25, 0.3) is 0 Å². The summed E-state index contributed by atoms with van der Waals surface area (Å²) in [5.41, 5.74) is 2.20. The molecule has 3 aromatic rings. The molecular weight excluding hydrogens is 354 g/mol. The number of rotatable bonds is 3. The van der Waals surface area contributed by atoms with E-state index in [2.05, 4.69) is 38.6 Å². The number of carbonyl (C=O) groups excluding carboxylic acids is 1. The van der Waals surface area contributed by atoms with Crippen molar-refractivity contribution >= 4 is 28.7 Å². The Kier molecular flexibility index (Phi) is 3.75. The van der Waals surface area contributed by atoms with E-state index in [1.807, 2.05) is 32.2 Å². The van der Waals surface area contributed by atoms with Gasteiger partial charge in [-0.25, -0.2) is 19.7 Å². The average molecular weight is 377 g/mol. The molecule has 8 heteroatoms. The van der Waals surface area contributed by atoms with Crippen LogP contribution in [-0.4, -0.2) is 63.7 Å². The molecule has 0 spiro atoms. The third kappa shape index (κ3) is 2.59. The first kappa shape index (κ1) is 17.0. The zero-order valence-electron chi connectivity index (χ0n) is 16.3. The molecule has 0 N–H and O–H groups in total. The zero-order chi connectivity index (χ0) is 19.4. The molecule has 8 nitrogen and oxygen atoms in total. The van der Waals surface area contributed by atoms with Gasteiger partial charge in [0.1, 0.15) is 23.3 Å². The number of para-hydroxylation sites is 2. The third-order valence-corrected chi connectivity index (χ3v) is 5.70. The summed E-state index contributed by atoms with van der Waals surface area (Å²) < 4.78 is 2.19. The van der Waals surface area contributed by atoms with Crippen LogP contribution < -0.4 is 9.80 Å². The highest BCUT2D eigenvalue weighted by Crippen LogP contribution is 2.33. The van der Waals surface area contributed by atoms with E-state index in [9.17, 15) is 4.79 Å². The molecule has 2 aliphatic heterocycles. The summed E-state index contributed by atoms with van der Waals surface area (Å²) in [6.45, 7) is 4.98. The molecule has 0 saturated carbocycles. The predicted molar refractivity (Wildman–Crippen MR) is 108 cm³/mol. The van der Waals surface area contributed by atoms with Crippen LogP contribution in [0.15, 0.2) is 30.3 Å². The molecule has 2 aromatic heterocycles. The Labute approximate surface area is 163 Å². The molecule has 5 rings (SSSR count). The van der Waals surface area contributed by atoms with Gasteiger partial charge in [0.05, 0.1) is 17.0 Å². The van der Waals surface area contributed by atoms with E-state index in [0.29, 0.717) is 24.1 Å². The fraction of sp³-hybridized carbons (Fsp3) is 0.400. The lowest BCUT2D eigenvalue weighted by molar-refractivity contribution is 0.229. The van der Waals surface area contributed by atoms with Crippen molar-refractivity contribution in [3.8, 4) is 0 Å². The van der Waals surface area contributed by atoms with Crippen LogP contribution in [-0.2, 0) is 7.05 Å². The van der Waals surface area contributed by atoms with Crippen molar-refractivity contribution in [1.29, 1.82) is 0 Å². The number of fused-ring (bicyclic) bond motifs is 1. The van der Waals surface area contributed by atoms with Crippen LogP contribution >= 0.6 is 0 Å². The standard InChI is InChI=1S/C20H23N7O/c1-13-21-17(10-18(22-13)27-9-8-24(2)20(27)28)26-11-14(12-26)19-23-15-6-4-5-7-16(15)25(19)3/h4-7,10,14H,8-9,11-12H2,1-3H3. The molecule has 0 aliphatic carbocycles. The first-order valence-electron chi connectivity index (χ1n) is 9.56. The van der Waals surface area contributed by atoms with Gasteiger partial charge in [0, 0.05) is 46.3 Å². The van der Waals surface area contributed by atoms with Gasteiger partial charge >= 0.3 is 6.03 Å². The molecule has 2 aliphatic rings. The SMILES string of the molecule is Cc1nc(N2CC(c3nc4ccccc4n3C)C2)cc(N2CCN(C)C2=O)n1. The second kappa shape index (κ2) is 6.19. The number of benzene rings is 1. The van der Waals surface area contributed by atoms with E-state index in [-0.39, 0.29) is 6.03 Å². The zero-order valence-corrected chi connectivity index (χ0v) is 16.3. The van der Waals surface area contributed by atoms with E-state index in [0.717, 1.165) is 42.3 Å². The van der Waals surface area contributed by atoms with Crippen LogP contribution in [0.5, 0.6) is 0 Å². The lowest BCUT2D eigenvalue weighted by Crippen LogP contribution is -2.46. The number of aryl methyl sites for hydroxylation is 2. The van der Waals surface area contributed by atoms with Crippen molar-refractivity contribution in [2.75, 3.05) is 43.0 Å². The maximum absolute atomic E-state index is 12.3. The summed E-state index contributed by atoms with van der Waals surface area (Å²) in [5, 5.41) is 0. The molecule has 2 saturated heterocycles. The minimum absolute atomic E-state index is 0.00904. The molecule has 28 heavy (non-hydrogen) atoms. The van der Waals surface area contributed by atoms with Crippen molar-refractivity contribution in [2.24, 2.45) is 7.05 Å². The third-order valence-electron chi connectivity index (χ3n) is 5.70. The van der Waals surface area contributed by atoms with E-state index >= 15 is 0 Å². The number of nitrogens with zero attached hydrogens (tertiary/aromatic N) is 7. The highest BCUT2D eigenvalue weighted by Gasteiger charge is 2.34. The molecule has 0 atom stereocenters. The van der Waals surface area contributed by atoms with Crippen LogP contribution in [0.3, 0.4) is 0 Å². The number of hydrogen-bond donors (Lipinski definition) is 0. The fourth-order valence-corrected chi connectivity index (χ4v) is 4.05. The van der Waals surface area contributed by atoms with Crippen molar-refractivity contribution in [1.82, 2.24) is 24.4 Å². The van der Waals surface area contributed by atoms with Gasteiger partial charge in [-0.15, -0.1) is 0 Å². The van der Waals surface area contributed by atoms with Crippen molar-refractivity contribution in [3.05, 3.63) is 42.0 Å². The highest BCUT2D eigenvalue weighted by atomic mass is 16.2. The summed E-state index contributed by atoms with van der Waals surface area (Å²) >= 11 is 0. The maximum Gasteiger partial charge on any atom is 0.325 e. The fourth-order valence-electron chi connectivity index (χ4n) is 4.05. The Morgan fingerprint density at radius 3 is 2.46 bits per heavy atom. The molecular formula is C20H23N7O. The Hall–Kier alpha value is -3.16. The molecule has 0 radical (unpaired) electrons. The number of hydrogen-bond acceptors (Lipinski definition) is 5. The van der Waals surface area contributed by atoms with Gasteiger partial charge < -0.3 is 14.4 Å². The van der Waals surface area contributed by atoms with Crippen LogP contribution in [0.1, 0.15) is 17.6 Å². The predicted octanol–water partition coefficient (Wildman–Crippen LogP) is 2.15. The molecule has 1 aromatic carbocycles. The highest BCUT2D eigenvalue weighted by molar-refractivity contribution is 5.93. The van der Waals surface area contributed by atoms with E-state index in [4.69, 9.17) is 4.98 Å². The van der Waals surface area contributed by atoms with Crippen LogP contribution in [0.2, 0.25) is 0 Å². The summed E-state index contributed by atoms with van der Waals surface area (Å²) in [4.78, 5) is 31.9. The van der Waals surface area contributed by atoms with Gasteiger partial charge in [0.2, 0.25) is 0 Å². The van der Waals surface area contributed by atoms with Gasteiger partial charge in [-0.1, -0.05) is 12.1 Å². The Bertz CT molecular complexity index is 1070. The van der Waals surface area contributed by atoms with Gasteiger partial charge in [-0.3, -0.25) is 4.90 Å². The molecule has 0 bridgehead atoms. The minimum atomic E-state index is -0.00904. The molecule has 144 valence electrons. The largest absolute Gasteiger partial charge is 0.355 e. The van der Waals surface area contributed by atoms with Crippen molar-refractivity contribution in [2.45, 2.75) is 12.8 Å². The Morgan fingerprint density at radius 2 is 1.75 bits per heavy atom. The number of carbonyl (C=O) groups is 1. The minimum Gasteiger partial charge on any atom is -0.355 e. The monoisotopic (exact) mass is 377 g/mol. The summed E-state index contributed by atoms with van der Waals surface area (Å²) in [6.07, 6.45) is 0. The van der Waals surface area contributed by atoms with E-state index < -0.39 is 0 Å². The molecule has 0 unspecified atom stereocenters. The molecule has 2 amide bonds. The van der Waals surface area contributed by atoms with Crippen LogP contribution in [0, 0.1) is 6.92 Å². The molecule has 4 heterocycles. The average Bonchev–Trinajstić information content (AvgIpc) is 3.14. The quantitative estimate of drug-likeness (QED) is 0.699. The number of likely N-dealkylation sites (N-methyl/N-ethyl adjacent to an activating group) is 1. The summed E-state index contributed by atoms with van der Waals surface area (Å²) in [5.74, 6) is 3.72. The lowest BCUT2D eigenvalue weighted by atomic mass is 9.99. The second-order valence-corrected chi connectivity index (χ2v) is 7.61. The van der Waals surface area contributed by atoms with Crippen molar-refractivity contribution in [3.63, 3.8) is 0 Å². The lowest BCUT2D eigenvalue weighted by Gasteiger charge is -2.40. The van der Waals surface area contributed by atoms with E-state index in [1.54, 1.807) is 9.80 Å². The van der Waals surface area contributed by atoms with Crippen LogP contribution in [0.25, 0.3) is 11.0 Å². The Morgan fingerprint density at radius 1 is 1.00 bits per heavy atom. The number of imidazole rings is 1. The van der Waals surface area contributed by atoms with Crippen LogP contribution in [0.4, 0.5) is 16.4 Å². The number of urea groups is 1. The van der Waals surface area contributed by atoms with Gasteiger partial charge in [-0.05, 0) is 19.1 Å². The maximum atomic E-state index is 12.3. The smallest absolute Gasteiger partial charge is 0.325 e. The van der Waals surface area contributed by atoms with Gasteiger partial charge in [-0.2, -0.15) is 0 Å². The second-order valence-electron chi connectivity index (χ2n) is 7.61. The van der Waals surface area contributed by atoms with Crippen molar-refractivity contribution < 1.29 is 4.79 Å². The normalized spacial score (nSPS) is 17.7. The first-order valence-corrected chi connectivity index (χ1v) is 9.56. The van der Waals surface area contributed by atoms with Gasteiger partial charge in [0.15, 0.2) is 0 Å². The number of amides is 2. The number of aromatic nitrogens is 4.